The molecule has 0 unspecified atom stereocenters. The third kappa shape index (κ3) is 5.16. The number of unbranched alkanes of at least 4 members (excludes halogenated alkanes) is 3. The summed E-state index contributed by atoms with van der Waals surface area (Å²) >= 11 is 0. The highest BCUT2D eigenvalue weighted by molar-refractivity contribution is 6.10. The molecule has 6 nitrogen and oxygen atoms in total. The first-order chi connectivity index (χ1) is 14.1. The van der Waals surface area contributed by atoms with Gasteiger partial charge in [-0.15, -0.1) is 0 Å². The van der Waals surface area contributed by atoms with Crippen LogP contribution in [0, 0.1) is 0 Å². The molecule has 6 heteroatoms. The van der Waals surface area contributed by atoms with Gasteiger partial charge in [-0.3, -0.25) is 9.59 Å². The second-order valence-corrected chi connectivity index (χ2v) is 7.06. The van der Waals surface area contributed by atoms with Gasteiger partial charge in [-0.25, -0.2) is 0 Å². The number of aromatic amines is 1. The zero-order valence-electron chi connectivity index (χ0n) is 16.7. The van der Waals surface area contributed by atoms with Crippen LogP contribution in [0.15, 0.2) is 48.7 Å². The molecule has 4 N–H and O–H groups in total. The number of carbonyl (C=O) groups is 2. The molecule has 0 saturated heterocycles. The van der Waals surface area contributed by atoms with Crippen molar-refractivity contribution in [2.45, 2.75) is 38.5 Å². The minimum Gasteiger partial charge on any atom is -0.496 e. The number of nitrogen functional groups attached to an aromatic ring is 1. The van der Waals surface area contributed by atoms with Crippen molar-refractivity contribution in [3.8, 4) is 5.75 Å². The molecule has 3 aromatic rings. The summed E-state index contributed by atoms with van der Waals surface area (Å²) in [5.74, 6) is 0.778. The van der Waals surface area contributed by atoms with Gasteiger partial charge in [-0.2, -0.15) is 0 Å². The lowest BCUT2D eigenvalue weighted by Gasteiger charge is -2.07. The molecule has 0 atom stereocenters. The molecule has 0 aliphatic carbocycles. The van der Waals surface area contributed by atoms with Crippen LogP contribution in [0.5, 0.6) is 5.75 Å². The third-order valence-corrected chi connectivity index (χ3v) is 4.98. The molecule has 152 valence electrons. The first-order valence-electron chi connectivity index (χ1n) is 9.92. The maximum atomic E-state index is 12.6. The van der Waals surface area contributed by atoms with E-state index in [0.717, 1.165) is 36.6 Å². The van der Waals surface area contributed by atoms with E-state index in [1.165, 1.54) is 0 Å². The van der Waals surface area contributed by atoms with Crippen molar-refractivity contribution in [2.24, 2.45) is 0 Å². The fourth-order valence-electron chi connectivity index (χ4n) is 3.42. The number of ketones is 1. The number of Topliss-reactive ketones (excluding diaryl/α,β-unsaturated/α-hetero) is 1. The fraction of sp³-hybridized carbons (Fsp3) is 0.304. The molecule has 1 amide bonds. The summed E-state index contributed by atoms with van der Waals surface area (Å²) in [6.45, 7) is 0. The summed E-state index contributed by atoms with van der Waals surface area (Å²) in [6, 6.07) is 12.9. The number of fused-ring (bicyclic) bond motifs is 1. The molecular formula is C23H27N3O3. The van der Waals surface area contributed by atoms with Gasteiger partial charge in [0, 0.05) is 30.1 Å². The first-order valence-corrected chi connectivity index (χ1v) is 9.92. The Morgan fingerprint density at radius 2 is 1.76 bits per heavy atom. The highest BCUT2D eigenvalue weighted by Gasteiger charge is 2.15. The molecular weight excluding hydrogens is 366 g/mol. The maximum absolute atomic E-state index is 12.6. The quantitative estimate of drug-likeness (QED) is 0.259. The summed E-state index contributed by atoms with van der Waals surface area (Å²) in [5.41, 5.74) is 8.62. The summed E-state index contributed by atoms with van der Waals surface area (Å²) < 4.78 is 5.39. The Labute approximate surface area is 170 Å². The van der Waals surface area contributed by atoms with Crippen LogP contribution in [0.1, 0.15) is 48.9 Å². The Balaban J connectivity index is 1.39. The van der Waals surface area contributed by atoms with Gasteiger partial charge in [-0.05, 0) is 37.1 Å². The molecule has 0 spiro atoms. The number of carbonyl (C=O) groups excluding carboxylic acids is 2. The van der Waals surface area contributed by atoms with E-state index in [0.29, 0.717) is 35.5 Å². The van der Waals surface area contributed by atoms with Crippen LogP contribution < -0.4 is 15.8 Å². The molecule has 0 aliphatic heterocycles. The van der Waals surface area contributed by atoms with Gasteiger partial charge in [0.2, 0.25) is 5.91 Å². The van der Waals surface area contributed by atoms with Crippen molar-refractivity contribution in [3.63, 3.8) is 0 Å². The monoisotopic (exact) mass is 393 g/mol. The van der Waals surface area contributed by atoms with E-state index < -0.39 is 0 Å². The van der Waals surface area contributed by atoms with Crippen LogP contribution in [0.25, 0.3) is 10.9 Å². The molecule has 0 aliphatic rings. The number of hydrogen-bond acceptors (Lipinski definition) is 4. The van der Waals surface area contributed by atoms with E-state index >= 15 is 0 Å². The summed E-state index contributed by atoms with van der Waals surface area (Å²) in [6.07, 6.45) is 6.09. The molecule has 0 bridgehead atoms. The second-order valence-electron chi connectivity index (χ2n) is 7.06. The molecule has 0 fully saturated rings. The standard InChI is InChI=1S/C23H27N3O3/c1-29-21-13-8-11-19-23(21)16(15-25-19)20(27)12-4-2-3-5-14-22(28)26-18-10-7-6-9-17(18)24/h6-11,13,15,25H,2-5,12,14,24H2,1H3,(H,26,28). The van der Waals surface area contributed by atoms with Gasteiger partial charge in [0.25, 0.3) is 0 Å². The van der Waals surface area contributed by atoms with Crippen LogP contribution in [0.4, 0.5) is 11.4 Å². The highest BCUT2D eigenvalue weighted by atomic mass is 16.5. The number of ether oxygens (including phenoxy) is 1. The van der Waals surface area contributed by atoms with Gasteiger partial charge in [0.15, 0.2) is 5.78 Å². The van der Waals surface area contributed by atoms with Crippen molar-refractivity contribution in [1.29, 1.82) is 0 Å². The molecule has 2 aromatic carbocycles. The Morgan fingerprint density at radius 3 is 2.52 bits per heavy atom. The molecule has 1 heterocycles. The normalized spacial score (nSPS) is 10.8. The van der Waals surface area contributed by atoms with Crippen LogP contribution >= 0.6 is 0 Å². The number of H-pyrrole nitrogens is 1. The van der Waals surface area contributed by atoms with E-state index in [9.17, 15) is 9.59 Å². The number of nitrogens with two attached hydrogens (primary N) is 1. The van der Waals surface area contributed by atoms with Crippen LogP contribution in [0.2, 0.25) is 0 Å². The van der Waals surface area contributed by atoms with E-state index in [1.807, 2.05) is 30.3 Å². The van der Waals surface area contributed by atoms with E-state index in [-0.39, 0.29) is 11.7 Å². The number of para-hydroxylation sites is 2. The zero-order valence-corrected chi connectivity index (χ0v) is 16.7. The maximum Gasteiger partial charge on any atom is 0.224 e. The lowest BCUT2D eigenvalue weighted by Crippen LogP contribution is -2.12. The minimum absolute atomic E-state index is 0.0372. The smallest absolute Gasteiger partial charge is 0.224 e. The van der Waals surface area contributed by atoms with Crippen molar-refractivity contribution in [1.82, 2.24) is 4.98 Å². The number of nitrogens with one attached hydrogen (secondary N) is 2. The summed E-state index contributed by atoms with van der Waals surface area (Å²) in [5, 5.41) is 3.68. The summed E-state index contributed by atoms with van der Waals surface area (Å²) in [4.78, 5) is 27.8. The molecule has 0 radical (unpaired) electrons. The zero-order chi connectivity index (χ0) is 20.6. The highest BCUT2D eigenvalue weighted by Crippen LogP contribution is 2.29. The lowest BCUT2D eigenvalue weighted by atomic mass is 10.0. The predicted octanol–water partition coefficient (Wildman–Crippen LogP) is 4.92. The molecule has 3 rings (SSSR count). The third-order valence-electron chi connectivity index (χ3n) is 4.98. The van der Waals surface area contributed by atoms with Gasteiger partial charge < -0.3 is 20.8 Å². The van der Waals surface area contributed by atoms with Crippen LogP contribution in [0.3, 0.4) is 0 Å². The average molecular weight is 393 g/mol. The Hall–Kier alpha value is -3.28. The summed E-state index contributed by atoms with van der Waals surface area (Å²) in [7, 11) is 1.61. The average Bonchev–Trinajstić information content (AvgIpc) is 3.16. The number of rotatable bonds is 10. The lowest BCUT2D eigenvalue weighted by molar-refractivity contribution is -0.116. The van der Waals surface area contributed by atoms with Crippen molar-refractivity contribution in [3.05, 3.63) is 54.2 Å². The number of methoxy groups -OCH3 is 1. The van der Waals surface area contributed by atoms with Gasteiger partial charge in [-0.1, -0.05) is 31.0 Å². The molecule has 29 heavy (non-hydrogen) atoms. The predicted molar refractivity (Wildman–Crippen MR) is 116 cm³/mol. The molecule has 0 saturated carbocycles. The van der Waals surface area contributed by atoms with Gasteiger partial charge in [0.1, 0.15) is 5.75 Å². The number of amides is 1. The van der Waals surface area contributed by atoms with E-state index in [1.54, 1.807) is 25.4 Å². The second kappa shape index (κ2) is 9.78. The molecule has 1 aromatic heterocycles. The van der Waals surface area contributed by atoms with Crippen molar-refractivity contribution in [2.75, 3.05) is 18.2 Å². The van der Waals surface area contributed by atoms with E-state index in [4.69, 9.17) is 10.5 Å². The largest absolute Gasteiger partial charge is 0.496 e. The van der Waals surface area contributed by atoms with Crippen LogP contribution in [-0.2, 0) is 4.79 Å². The van der Waals surface area contributed by atoms with Gasteiger partial charge in [0.05, 0.1) is 23.9 Å². The minimum atomic E-state index is -0.0372. The van der Waals surface area contributed by atoms with Crippen molar-refractivity contribution < 1.29 is 14.3 Å². The fourth-order valence-corrected chi connectivity index (χ4v) is 3.42. The number of benzene rings is 2. The van der Waals surface area contributed by atoms with Gasteiger partial charge >= 0.3 is 0 Å². The Morgan fingerprint density at radius 1 is 1.00 bits per heavy atom. The topological polar surface area (TPSA) is 97.2 Å². The first kappa shape index (κ1) is 20.5. The Bertz CT molecular complexity index is 994. The SMILES string of the molecule is COc1cccc2[nH]cc(C(=O)CCCCCCC(=O)Nc3ccccc3N)c12. The Kier molecular flexibility index (Phi) is 6.89. The number of hydrogen-bond donors (Lipinski definition) is 3. The van der Waals surface area contributed by atoms with Crippen molar-refractivity contribution >= 4 is 34.0 Å². The number of aromatic nitrogens is 1. The van der Waals surface area contributed by atoms with E-state index in [2.05, 4.69) is 10.3 Å². The van der Waals surface area contributed by atoms with Crippen LogP contribution in [-0.4, -0.2) is 23.8 Å². The number of anilines is 2.